The van der Waals surface area contributed by atoms with Crippen molar-refractivity contribution in [1.29, 1.82) is 0 Å². The molecule has 1 aromatic carbocycles. The van der Waals surface area contributed by atoms with Crippen LogP contribution in [0, 0.1) is 0 Å². The number of anilines is 1. The van der Waals surface area contributed by atoms with Gasteiger partial charge in [-0.1, -0.05) is 12.1 Å². The Morgan fingerprint density at radius 1 is 1.15 bits per heavy atom. The molecule has 9 heteroatoms. The third-order valence-electron chi connectivity index (χ3n) is 4.56. The predicted octanol–water partition coefficient (Wildman–Crippen LogP) is 3.63. The van der Waals surface area contributed by atoms with Crippen LogP contribution >= 0.6 is 0 Å². The van der Waals surface area contributed by atoms with Gasteiger partial charge < -0.3 is 14.7 Å². The van der Waals surface area contributed by atoms with Crippen LogP contribution in [0.4, 0.5) is 19.0 Å². The molecule has 2 heterocycles. The SMILES string of the molecule is CC1(Oc2ccccc2C(F)(F)F)CCN(c2ccc(C(=O)O)nn2)CC1. The Balaban J connectivity index is 1.69. The van der Waals surface area contributed by atoms with E-state index in [1.54, 1.807) is 13.0 Å². The van der Waals surface area contributed by atoms with Crippen molar-refractivity contribution in [2.24, 2.45) is 0 Å². The summed E-state index contributed by atoms with van der Waals surface area (Å²) in [6.07, 6.45) is -3.50. The molecule has 2 aromatic rings. The molecule has 27 heavy (non-hydrogen) atoms. The molecule has 3 rings (SSSR count). The van der Waals surface area contributed by atoms with Crippen molar-refractivity contribution in [2.75, 3.05) is 18.0 Å². The van der Waals surface area contributed by atoms with E-state index in [1.807, 2.05) is 4.90 Å². The number of para-hydroxylation sites is 1. The Kier molecular flexibility index (Phi) is 4.95. The summed E-state index contributed by atoms with van der Waals surface area (Å²) in [5.74, 6) is -0.804. The number of rotatable bonds is 4. The van der Waals surface area contributed by atoms with Crippen LogP contribution in [-0.4, -0.2) is 40.0 Å². The molecule has 0 unspecified atom stereocenters. The number of carboxylic acid groups (broad SMARTS) is 1. The van der Waals surface area contributed by atoms with E-state index in [0.717, 1.165) is 6.07 Å². The molecule has 0 radical (unpaired) electrons. The zero-order valence-electron chi connectivity index (χ0n) is 14.5. The van der Waals surface area contributed by atoms with E-state index in [4.69, 9.17) is 9.84 Å². The fourth-order valence-electron chi connectivity index (χ4n) is 2.97. The van der Waals surface area contributed by atoms with Gasteiger partial charge in [0.2, 0.25) is 0 Å². The van der Waals surface area contributed by atoms with Gasteiger partial charge in [-0.15, -0.1) is 10.2 Å². The van der Waals surface area contributed by atoms with Gasteiger partial charge in [-0.05, 0) is 31.2 Å². The molecule has 0 spiro atoms. The minimum Gasteiger partial charge on any atom is -0.487 e. The molecule has 144 valence electrons. The van der Waals surface area contributed by atoms with Crippen molar-refractivity contribution in [3.05, 3.63) is 47.7 Å². The number of carboxylic acids is 1. The summed E-state index contributed by atoms with van der Waals surface area (Å²) < 4.78 is 45.2. The Bertz CT molecular complexity index is 817. The molecular weight excluding hydrogens is 363 g/mol. The molecule has 6 nitrogen and oxygen atoms in total. The lowest BCUT2D eigenvalue weighted by atomic mass is 9.93. The number of piperidine rings is 1. The topological polar surface area (TPSA) is 75.5 Å². The third-order valence-corrected chi connectivity index (χ3v) is 4.56. The smallest absolute Gasteiger partial charge is 0.419 e. The van der Waals surface area contributed by atoms with Crippen molar-refractivity contribution >= 4 is 11.8 Å². The van der Waals surface area contributed by atoms with E-state index in [-0.39, 0.29) is 11.4 Å². The van der Waals surface area contributed by atoms with E-state index in [9.17, 15) is 18.0 Å². The lowest BCUT2D eigenvalue weighted by Gasteiger charge is -2.40. The second-order valence-electron chi connectivity index (χ2n) is 6.61. The monoisotopic (exact) mass is 381 g/mol. The molecule has 0 amide bonds. The summed E-state index contributed by atoms with van der Waals surface area (Å²) in [4.78, 5) is 12.7. The highest BCUT2D eigenvalue weighted by molar-refractivity contribution is 5.85. The molecule has 1 aromatic heterocycles. The van der Waals surface area contributed by atoms with Crippen molar-refractivity contribution in [3.8, 4) is 5.75 Å². The van der Waals surface area contributed by atoms with Gasteiger partial charge in [-0.25, -0.2) is 4.79 Å². The van der Waals surface area contributed by atoms with E-state index < -0.39 is 23.3 Å². The van der Waals surface area contributed by atoms with Crippen LogP contribution in [0.3, 0.4) is 0 Å². The minimum absolute atomic E-state index is 0.146. The first-order chi connectivity index (χ1) is 12.7. The molecule has 0 aliphatic carbocycles. The predicted molar refractivity (Wildman–Crippen MR) is 90.9 cm³/mol. The van der Waals surface area contributed by atoms with Crippen molar-refractivity contribution < 1.29 is 27.8 Å². The molecule has 1 fully saturated rings. The quantitative estimate of drug-likeness (QED) is 0.872. The van der Waals surface area contributed by atoms with Gasteiger partial charge in [-0.2, -0.15) is 13.2 Å². The van der Waals surface area contributed by atoms with Crippen LogP contribution in [-0.2, 0) is 6.18 Å². The Labute approximate surface area is 153 Å². The van der Waals surface area contributed by atoms with Crippen molar-refractivity contribution in [1.82, 2.24) is 10.2 Å². The van der Waals surface area contributed by atoms with Gasteiger partial charge in [0.05, 0.1) is 5.56 Å². The van der Waals surface area contributed by atoms with Gasteiger partial charge in [0, 0.05) is 25.9 Å². The van der Waals surface area contributed by atoms with Crippen LogP contribution in [0.2, 0.25) is 0 Å². The van der Waals surface area contributed by atoms with Crippen LogP contribution in [0.15, 0.2) is 36.4 Å². The average molecular weight is 381 g/mol. The van der Waals surface area contributed by atoms with E-state index in [2.05, 4.69) is 10.2 Å². The molecular formula is C18H18F3N3O3. The number of ether oxygens (including phenoxy) is 1. The molecule has 1 aliphatic heterocycles. The lowest BCUT2D eigenvalue weighted by Crippen LogP contribution is -2.46. The number of carbonyl (C=O) groups is 1. The molecule has 0 saturated carbocycles. The molecule has 1 N–H and O–H groups in total. The maximum absolute atomic E-state index is 13.2. The highest BCUT2D eigenvalue weighted by Gasteiger charge is 2.38. The van der Waals surface area contributed by atoms with Crippen LogP contribution in [0.25, 0.3) is 0 Å². The number of aromatic nitrogens is 2. The normalized spacial score (nSPS) is 16.8. The highest BCUT2D eigenvalue weighted by atomic mass is 19.4. The number of benzene rings is 1. The van der Waals surface area contributed by atoms with Gasteiger partial charge >= 0.3 is 12.1 Å². The second-order valence-corrected chi connectivity index (χ2v) is 6.61. The van der Waals surface area contributed by atoms with Crippen LogP contribution in [0.1, 0.15) is 35.8 Å². The third kappa shape index (κ3) is 4.29. The maximum atomic E-state index is 13.2. The number of nitrogens with zero attached hydrogens (tertiary/aromatic N) is 3. The Morgan fingerprint density at radius 3 is 2.37 bits per heavy atom. The molecule has 1 saturated heterocycles. The zero-order chi connectivity index (χ0) is 19.7. The number of hydrogen-bond donors (Lipinski definition) is 1. The fourth-order valence-corrected chi connectivity index (χ4v) is 2.97. The van der Waals surface area contributed by atoms with Gasteiger partial charge in [0.15, 0.2) is 11.5 Å². The summed E-state index contributed by atoms with van der Waals surface area (Å²) in [6, 6.07) is 8.13. The first-order valence-electron chi connectivity index (χ1n) is 8.35. The molecule has 1 aliphatic rings. The number of alkyl halides is 3. The number of halogens is 3. The Hall–Kier alpha value is -2.84. The first kappa shape index (κ1) is 18.9. The van der Waals surface area contributed by atoms with Crippen LogP contribution in [0.5, 0.6) is 5.75 Å². The molecule has 0 atom stereocenters. The lowest BCUT2D eigenvalue weighted by molar-refractivity contribution is -0.140. The summed E-state index contributed by atoms with van der Waals surface area (Å²) in [7, 11) is 0. The zero-order valence-corrected chi connectivity index (χ0v) is 14.5. The van der Waals surface area contributed by atoms with E-state index >= 15 is 0 Å². The number of hydrogen-bond acceptors (Lipinski definition) is 5. The van der Waals surface area contributed by atoms with Crippen LogP contribution < -0.4 is 9.64 Å². The summed E-state index contributed by atoms with van der Waals surface area (Å²) in [5, 5.41) is 16.4. The average Bonchev–Trinajstić information content (AvgIpc) is 2.62. The first-order valence-corrected chi connectivity index (χ1v) is 8.35. The standard InChI is InChI=1S/C18H18F3N3O3/c1-17(27-14-5-3-2-4-12(14)18(19,20)21)8-10-24(11-9-17)15-7-6-13(16(25)26)22-23-15/h2-7H,8-11H2,1H3,(H,25,26). The van der Waals surface area contributed by atoms with Gasteiger partial charge in [0.1, 0.15) is 11.4 Å². The van der Waals surface area contributed by atoms with E-state index in [1.165, 1.54) is 24.3 Å². The largest absolute Gasteiger partial charge is 0.487 e. The van der Waals surface area contributed by atoms with Gasteiger partial charge in [-0.3, -0.25) is 0 Å². The van der Waals surface area contributed by atoms with Crippen molar-refractivity contribution in [2.45, 2.75) is 31.5 Å². The van der Waals surface area contributed by atoms with Gasteiger partial charge in [0.25, 0.3) is 0 Å². The highest BCUT2D eigenvalue weighted by Crippen LogP contribution is 2.39. The summed E-state index contributed by atoms with van der Waals surface area (Å²) in [5.41, 5.74) is -1.68. The molecule has 0 bridgehead atoms. The second kappa shape index (κ2) is 7.05. The van der Waals surface area contributed by atoms with Crippen molar-refractivity contribution in [3.63, 3.8) is 0 Å². The maximum Gasteiger partial charge on any atom is 0.419 e. The van der Waals surface area contributed by atoms with E-state index in [0.29, 0.717) is 31.7 Å². The summed E-state index contributed by atoms with van der Waals surface area (Å²) >= 11 is 0. The summed E-state index contributed by atoms with van der Waals surface area (Å²) in [6.45, 7) is 2.80. The number of aromatic carboxylic acids is 1. The fraction of sp³-hybridized carbons (Fsp3) is 0.389. The minimum atomic E-state index is -4.48. The Morgan fingerprint density at radius 2 is 1.81 bits per heavy atom.